The number of nitro benzene ring substituents is 1. The Hall–Kier alpha value is -2.41. The molecule has 1 N–H and O–H groups in total. The number of aryl methyl sites for hydroxylation is 2. The first-order valence-electron chi connectivity index (χ1n) is 6.15. The summed E-state index contributed by atoms with van der Waals surface area (Å²) in [6.07, 6.45) is 0. The SMILES string of the molecule is Cc1cc([N+](=O)[O-])c(S(=O)(=O)Nc2ccccc2)cc1C. The van der Waals surface area contributed by atoms with Crippen molar-refractivity contribution in [2.75, 3.05) is 4.72 Å². The summed E-state index contributed by atoms with van der Waals surface area (Å²) in [5, 5.41) is 11.1. The molecule has 0 spiro atoms. The zero-order valence-corrected chi connectivity index (χ0v) is 12.3. The van der Waals surface area contributed by atoms with E-state index in [1.165, 1.54) is 12.1 Å². The van der Waals surface area contributed by atoms with E-state index < -0.39 is 20.6 Å². The molecule has 0 aliphatic heterocycles. The molecule has 0 amide bonds. The van der Waals surface area contributed by atoms with Crippen molar-refractivity contribution in [2.24, 2.45) is 0 Å². The average Bonchev–Trinajstić information content (AvgIpc) is 2.41. The lowest BCUT2D eigenvalue weighted by Crippen LogP contribution is -2.15. The zero-order chi connectivity index (χ0) is 15.6. The van der Waals surface area contributed by atoms with Gasteiger partial charge in [-0.3, -0.25) is 14.8 Å². The smallest absolute Gasteiger partial charge is 0.279 e. The molecule has 0 unspecified atom stereocenters. The van der Waals surface area contributed by atoms with E-state index >= 15 is 0 Å². The monoisotopic (exact) mass is 306 g/mol. The maximum Gasteiger partial charge on any atom is 0.290 e. The predicted octanol–water partition coefficient (Wildman–Crippen LogP) is 3.01. The first-order chi connectivity index (χ1) is 9.81. The summed E-state index contributed by atoms with van der Waals surface area (Å²) in [5.41, 5.74) is 1.26. The molecule has 0 radical (unpaired) electrons. The Kier molecular flexibility index (Phi) is 3.95. The molecule has 0 saturated heterocycles. The molecular weight excluding hydrogens is 292 g/mol. The first-order valence-corrected chi connectivity index (χ1v) is 7.63. The van der Waals surface area contributed by atoms with Crippen molar-refractivity contribution in [1.29, 1.82) is 0 Å². The summed E-state index contributed by atoms with van der Waals surface area (Å²) in [5.74, 6) is 0. The van der Waals surface area contributed by atoms with Crippen LogP contribution in [-0.2, 0) is 10.0 Å². The van der Waals surface area contributed by atoms with Gasteiger partial charge in [0.05, 0.1) is 4.92 Å². The Labute approximate surface area is 122 Å². The van der Waals surface area contributed by atoms with Gasteiger partial charge in [0, 0.05) is 11.8 Å². The summed E-state index contributed by atoms with van der Waals surface area (Å²) >= 11 is 0. The second-order valence-electron chi connectivity index (χ2n) is 4.63. The minimum Gasteiger partial charge on any atom is -0.279 e. The molecule has 7 heteroatoms. The quantitative estimate of drug-likeness (QED) is 0.694. The summed E-state index contributed by atoms with van der Waals surface area (Å²) < 4.78 is 27.1. The van der Waals surface area contributed by atoms with Crippen molar-refractivity contribution in [3.05, 3.63) is 63.7 Å². The molecule has 0 aromatic heterocycles. The molecule has 2 aromatic rings. The second kappa shape index (κ2) is 5.53. The normalized spacial score (nSPS) is 11.1. The van der Waals surface area contributed by atoms with Gasteiger partial charge in [0.2, 0.25) is 0 Å². The first kappa shape index (κ1) is 15.0. The third-order valence-corrected chi connectivity index (χ3v) is 4.50. The van der Waals surface area contributed by atoms with Crippen molar-refractivity contribution >= 4 is 21.4 Å². The number of para-hydroxylation sites is 1. The van der Waals surface area contributed by atoms with E-state index in [9.17, 15) is 18.5 Å². The summed E-state index contributed by atoms with van der Waals surface area (Å²) in [6.45, 7) is 3.41. The highest BCUT2D eigenvalue weighted by molar-refractivity contribution is 7.92. The number of nitrogens with one attached hydrogen (secondary N) is 1. The molecule has 0 heterocycles. The van der Waals surface area contributed by atoms with Crippen LogP contribution in [0.3, 0.4) is 0 Å². The average molecular weight is 306 g/mol. The van der Waals surface area contributed by atoms with Crippen molar-refractivity contribution in [3.63, 3.8) is 0 Å². The van der Waals surface area contributed by atoms with Gasteiger partial charge in [0.1, 0.15) is 0 Å². The molecular formula is C14H14N2O4S. The number of sulfonamides is 1. The van der Waals surface area contributed by atoms with Gasteiger partial charge < -0.3 is 0 Å². The van der Waals surface area contributed by atoms with Crippen LogP contribution in [0.15, 0.2) is 47.4 Å². The van der Waals surface area contributed by atoms with Gasteiger partial charge in [-0.1, -0.05) is 18.2 Å². The van der Waals surface area contributed by atoms with Crippen LogP contribution < -0.4 is 4.72 Å². The lowest BCUT2D eigenvalue weighted by molar-refractivity contribution is -0.387. The van der Waals surface area contributed by atoms with Crippen molar-refractivity contribution in [1.82, 2.24) is 0 Å². The molecule has 2 rings (SSSR count). The number of hydrogen-bond donors (Lipinski definition) is 1. The number of hydrogen-bond acceptors (Lipinski definition) is 4. The van der Waals surface area contributed by atoms with Gasteiger partial charge in [0.25, 0.3) is 15.7 Å². The van der Waals surface area contributed by atoms with E-state index in [-0.39, 0.29) is 4.90 Å². The maximum atomic E-state index is 12.4. The maximum absolute atomic E-state index is 12.4. The van der Waals surface area contributed by atoms with Crippen LogP contribution in [0, 0.1) is 24.0 Å². The fraction of sp³-hybridized carbons (Fsp3) is 0.143. The lowest BCUT2D eigenvalue weighted by Gasteiger charge is -2.10. The van der Waals surface area contributed by atoms with Crippen LogP contribution >= 0.6 is 0 Å². The third-order valence-electron chi connectivity index (χ3n) is 3.09. The molecule has 2 aromatic carbocycles. The van der Waals surface area contributed by atoms with Crippen LogP contribution in [-0.4, -0.2) is 13.3 Å². The van der Waals surface area contributed by atoms with Crippen molar-refractivity contribution < 1.29 is 13.3 Å². The van der Waals surface area contributed by atoms with Gasteiger partial charge in [0.15, 0.2) is 4.90 Å². The Balaban J connectivity index is 2.54. The number of benzene rings is 2. The number of anilines is 1. The predicted molar refractivity (Wildman–Crippen MR) is 79.8 cm³/mol. The zero-order valence-electron chi connectivity index (χ0n) is 11.5. The van der Waals surface area contributed by atoms with Crippen LogP contribution in [0.25, 0.3) is 0 Å². The van der Waals surface area contributed by atoms with Crippen molar-refractivity contribution in [2.45, 2.75) is 18.7 Å². The largest absolute Gasteiger partial charge is 0.290 e. The minimum absolute atomic E-state index is 0.334. The number of rotatable bonds is 4. The molecule has 6 nitrogen and oxygen atoms in total. The lowest BCUT2D eigenvalue weighted by atomic mass is 10.1. The molecule has 0 aliphatic rings. The van der Waals surface area contributed by atoms with Gasteiger partial charge >= 0.3 is 0 Å². The Morgan fingerprint density at radius 2 is 1.62 bits per heavy atom. The van der Waals surface area contributed by atoms with Crippen LogP contribution in [0.4, 0.5) is 11.4 Å². The van der Waals surface area contributed by atoms with Gasteiger partial charge in [-0.15, -0.1) is 0 Å². The molecule has 0 aliphatic carbocycles. The Morgan fingerprint density at radius 3 is 2.19 bits per heavy atom. The van der Waals surface area contributed by atoms with Gasteiger partial charge in [-0.05, 0) is 43.2 Å². The van der Waals surface area contributed by atoms with E-state index in [1.807, 2.05) is 0 Å². The standard InChI is InChI=1S/C14H14N2O4S/c1-10-8-13(16(17)18)14(9-11(10)2)21(19,20)15-12-6-4-3-5-7-12/h3-9,15H,1-2H3. The number of nitrogens with zero attached hydrogens (tertiary/aromatic N) is 1. The van der Waals surface area contributed by atoms with E-state index in [0.29, 0.717) is 16.8 Å². The third kappa shape index (κ3) is 3.19. The molecule has 0 atom stereocenters. The molecule has 0 bridgehead atoms. The van der Waals surface area contributed by atoms with Gasteiger partial charge in [-0.25, -0.2) is 8.42 Å². The topological polar surface area (TPSA) is 89.3 Å². The summed E-state index contributed by atoms with van der Waals surface area (Å²) in [6, 6.07) is 10.8. The van der Waals surface area contributed by atoms with Gasteiger partial charge in [-0.2, -0.15) is 0 Å². The van der Waals surface area contributed by atoms with E-state index in [1.54, 1.807) is 44.2 Å². The molecule has 0 saturated carbocycles. The molecule has 0 fully saturated rings. The molecule has 110 valence electrons. The van der Waals surface area contributed by atoms with Crippen LogP contribution in [0.2, 0.25) is 0 Å². The van der Waals surface area contributed by atoms with E-state index in [2.05, 4.69) is 4.72 Å². The fourth-order valence-corrected chi connectivity index (χ4v) is 3.15. The van der Waals surface area contributed by atoms with Crippen LogP contribution in [0.5, 0.6) is 0 Å². The highest BCUT2D eigenvalue weighted by Crippen LogP contribution is 2.28. The number of nitro groups is 1. The van der Waals surface area contributed by atoms with Crippen molar-refractivity contribution in [3.8, 4) is 0 Å². The molecule has 21 heavy (non-hydrogen) atoms. The fourth-order valence-electron chi connectivity index (χ4n) is 1.85. The minimum atomic E-state index is -4.02. The Bertz CT molecular complexity index is 786. The van der Waals surface area contributed by atoms with E-state index in [4.69, 9.17) is 0 Å². The Morgan fingerprint density at radius 1 is 1.05 bits per heavy atom. The van der Waals surface area contributed by atoms with Crippen LogP contribution in [0.1, 0.15) is 11.1 Å². The highest BCUT2D eigenvalue weighted by atomic mass is 32.2. The summed E-state index contributed by atoms with van der Waals surface area (Å²) in [7, 11) is -4.02. The van der Waals surface area contributed by atoms with E-state index in [0.717, 1.165) is 0 Å². The summed E-state index contributed by atoms with van der Waals surface area (Å²) in [4.78, 5) is 10.1. The highest BCUT2D eigenvalue weighted by Gasteiger charge is 2.26. The second-order valence-corrected chi connectivity index (χ2v) is 6.28.